The fourth-order valence-electron chi connectivity index (χ4n) is 3.66. The van der Waals surface area contributed by atoms with Crippen molar-refractivity contribution in [3.8, 4) is 11.5 Å². The van der Waals surface area contributed by atoms with Crippen LogP contribution in [0.2, 0.25) is 0 Å². The lowest BCUT2D eigenvalue weighted by Gasteiger charge is -2.28. The maximum Gasteiger partial charge on any atom is 0.251 e. The van der Waals surface area contributed by atoms with Crippen LogP contribution in [0.4, 0.5) is 0 Å². The van der Waals surface area contributed by atoms with E-state index in [1.807, 2.05) is 12.1 Å². The van der Waals surface area contributed by atoms with Gasteiger partial charge in [0.05, 0.1) is 19.8 Å². The molecule has 1 amide bonds. The molecule has 0 bridgehead atoms. The number of methoxy groups -OCH3 is 1. The molecule has 5 nitrogen and oxygen atoms in total. The first kappa shape index (κ1) is 21.2. The van der Waals surface area contributed by atoms with Gasteiger partial charge in [-0.3, -0.25) is 9.69 Å². The molecule has 5 heteroatoms. The first-order valence-electron chi connectivity index (χ1n) is 10.5. The van der Waals surface area contributed by atoms with Crippen molar-refractivity contribution in [3.05, 3.63) is 59.7 Å². The van der Waals surface area contributed by atoms with E-state index in [-0.39, 0.29) is 11.9 Å². The van der Waals surface area contributed by atoms with E-state index in [0.717, 1.165) is 13.1 Å². The Hall–Kier alpha value is -2.53. The van der Waals surface area contributed by atoms with Crippen LogP contribution in [0.25, 0.3) is 0 Å². The van der Waals surface area contributed by atoms with E-state index >= 15 is 0 Å². The Balaban J connectivity index is 1.68. The standard InChI is InChI=1S/C24H32N2O3/c1-18(2)17-29-22-12-11-20(15-23(22)28-3)24(27)25-16-21(26-13-7-8-14-26)19-9-5-4-6-10-19/h4-6,9-12,15,18,21H,7-8,13-14,16-17H2,1-3H3,(H,25,27). The summed E-state index contributed by atoms with van der Waals surface area (Å²) in [6.07, 6.45) is 2.43. The van der Waals surface area contributed by atoms with E-state index in [2.05, 4.69) is 48.3 Å². The predicted octanol–water partition coefficient (Wildman–Crippen LogP) is 4.30. The first-order valence-corrected chi connectivity index (χ1v) is 10.5. The lowest BCUT2D eigenvalue weighted by Crippen LogP contribution is -2.36. The van der Waals surface area contributed by atoms with E-state index in [1.165, 1.54) is 18.4 Å². The summed E-state index contributed by atoms with van der Waals surface area (Å²) in [5.74, 6) is 1.57. The number of benzene rings is 2. The number of hydrogen-bond donors (Lipinski definition) is 1. The van der Waals surface area contributed by atoms with E-state index < -0.39 is 0 Å². The van der Waals surface area contributed by atoms with Crippen LogP contribution in [0.3, 0.4) is 0 Å². The van der Waals surface area contributed by atoms with Gasteiger partial charge in [0.25, 0.3) is 5.91 Å². The molecule has 1 aliphatic rings. The Labute approximate surface area is 174 Å². The Morgan fingerprint density at radius 3 is 2.45 bits per heavy atom. The molecule has 0 radical (unpaired) electrons. The Kier molecular flexibility index (Phi) is 7.53. The highest BCUT2D eigenvalue weighted by Gasteiger charge is 2.24. The number of amides is 1. The van der Waals surface area contributed by atoms with Crippen LogP contribution in [-0.4, -0.2) is 44.2 Å². The zero-order valence-corrected chi connectivity index (χ0v) is 17.7. The van der Waals surface area contributed by atoms with Gasteiger partial charge < -0.3 is 14.8 Å². The lowest BCUT2D eigenvalue weighted by atomic mass is 10.1. The third kappa shape index (κ3) is 5.73. The van der Waals surface area contributed by atoms with Crippen LogP contribution in [0.15, 0.2) is 48.5 Å². The maximum atomic E-state index is 12.8. The largest absolute Gasteiger partial charge is 0.493 e. The summed E-state index contributed by atoms with van der Waals surface area (Å²) in [6, 6.07) is 16.0. The summed E-state index contributed by atoms with van der Waals surface area (Å²) < 4.78 is 11.2. The fraction of sp³-hybridized carbons (Fsp3) is 0.458. The maximum absolute atomic E-state index is 12.8. The molecular weight excluding hydrogens is 364 g/mol. The van der Waals surface area contributed by atoms with Gasteiger partial charge in [0.2, 0.25) is 0 Å². The SMILES string of the molecule is COc1cc(C(=O)NCC(c2ccccc2)N2CCCC2)ccc1OCC(C)C. The highest BCUT2D eigenvalue weighted by Crippen LogP contribution is 2.29. The molecule has 29 heavy (non-hydrogen) atoms. The van der Waals surface area contributed by atoms with Crippen molar-refractivity contribution in [2.24, 2.45) is 5.92 Å². The van der Waals surface area contributed by atoms with Crippen molar-refractivity contribution in [1.29, 1.82) is 0 Å². The molecule has 0 aromatic heterocycles. The molecule has 1 heterocycles. The summed E-state index contributed by atoms with van der Waals surface area (Å²) in [7, 11) is 1.60. The zero-order chi connectivity index (χ0) is 20.6. The molecule has 0 saturated carbocycles. The Bertz CT molecular complexity index is 786. The molecule has 1 fully saturated rings. The summed E-state index contributed by atoms with van der Waals surface area (Å²) in [4.78, 5) is 15.3. The Morgan fingerprint density at radius 2 is 1.79 bits per heavy atom. The van der Waals surface area contributed by atoms with Gasteiger partial charge in [-0.15, -0.1) is 0 Å². The van der Waals surface area contributed by atoms with Gasteiger partial charge in [0.15, 0.2) is 11.5 Å². The van der Waals surface area contributed by atoms with Gasteiger partial charge >= 0.3 is 0 Å². The molecule has 2 aromatic carbocycles. The topological polar surface area (TPSA) is 50.8 Å². The molecule has 3 rings (SSSR count). The van der Waals surface area contributed by atoms with Gasteiger partial charge in [-0.25, -0.2) is 0 Å². The number of nitrogens with one attached hydrogen (secondary N) is 1. The van der Waals surface area contributed by atoms with Crippen LogP contribution in [0.1, 0.15) is 48.7 Å². The van der Waals surface area contributed by atoms with Gasteiger partial charge in [-0.2, -0.15) is 0 Å². The van der Waals surface area contributed by atoms with Crippen LogP contribution in [-0.2, 0) is 0 Å². The van der Waals surface area contributed by atoms with Crippen molar-refractivity contribution in [3.63, 3.8) is 0 Å². The minimum atomic E-state index is -0.0983. The first-order chi connectivity index (χ1) is 14.1. The Morgan fingerprint density at radius 1 is 1.07 bits per heavy atom. The molecule has 0 aliphatic carbocycles. The number of carbonyl (C=O) groups excluding carboxylic acids is 1. The molecule has 1 aliphatic heterocycles. The second-order valence-electron chi connectivity index (χ2n) is 7.95. The van der Waals surface area contributed by atoms with Crippen molar-refractivity contribution in [2.45, 2.75) is 32.7 Å². The molecule has 1 saturated heterocycles. The number of ether oxygens (including phenoxy) is 2. The minimum absolute atomic E-state index is 0.0983. The fourth-order valence-corrected chi connectivity index (χ4v) is 3.66. The molecule has 2 aromatic rings. The van der Waals surface area contributed by atoms with Gasteiger partial charge in [0, 0.05) is 12.1 Å². The van der Waals surface area contributed by atoms with E-state index in [0.29, 0.717) is 36.1 Å². The van der Waals surface area contributed by atoms with Gasteiger partial charge in [-0.1, -0.05) is 44.2 Å². The van der Waals surface area contributed by atoms with Crippen molar-refractivity contribution < 1.29 is 14.3 Å². The van der Waals surface area contributed by atoms with Crippen molar-refractivity contribution >= 4 is 5.91 Å². The average molecular weight is 397 g/mol. The highest BCUT2D eigenvalue weighted by molar-refractivity contribution is 5.94. The average Bonchev–Trinajstić information content (AvgIpc) is 3.27. The molecular formula is C24H32N2O3. The number of nitrogens with zero attached hydrogens (tertiary/aromatic N) is 1. The second kappa shape index (κ2) is 10.3. The lowest BCUT2D eigenvalue weighted by molar-refractivity contribution is 0.0937. The summed E-state index contributed by atoms with van der Waals surface area (Å²) in [6.45, 7) is 7.53. The van der Waals surface area contributed by atoms with E-state index in [1.54, 1.807) is 19.2 Å². The minimum Gasteiger partial charge on any atom is -0.493 e. The van der Waals surface area contributed by atoms with Gasteiger partial charge in [-0.05, 0) is 55.6 Å². The molecule has 1 atom stereocenters. The highest BCUT2D eigenvalue weighted by atomic mass is 16.5. The van der Waals surface area contributed by atoms with Crippen molar-refractivity contribution in [2.75, 3.05) is 33.4 Å². The van der Waals surface area contributed by atoms with E-state index in [9.17, 15) is 4.79 Å². The number of hydrogen-bond acceptors (Lipinski definition) is 4. The predicted molar refractivity (Wildman–Crippen MR) is 116 cm³/mol. The number of carbonyl (C=O) groups is 1. The third-order valence-electron chi connectivity index (χ3n) is 5.22. The van der Waals surface area contributed by atoms with E-state index in [4.69, 9.17) is 9.47 Å². The van der Waals surface area contributed by atoms with Crippen LogP contribution >= 0.6 is 0 Å². The quantitative estimate of drug-likeness (QED) is 0.687. The second-order valence-corrected chi connectivity index (χ2v) is 7.95. The molecule has 0 spiro atoms. The molecule has 1 N–H and O–H groups in total. The van der Waals surface area contributed by atoms with Gasteiger partial charge in [0.1, 0.15) is 0 Å². The molecule has 1 unspecified atom stereocenters. The third-order valence-corrected chi connectivity index (χ3v) is 5.22. The summed E-state index contributed by atoms with van der Waals surface area (Å²) >= 11 is 0. The summed E-state index contributed by atoms with van der Waals surface area (Å²) in [5, 5.41) is 3.12. The van der Waals surface area contributed by atoms with Crippen LogP contribution in [0.5, 0.6) is 11.5 Å². The molecule has 156 valence electrons. The smallest absolute Gasteiger partial charge is 0.251 e. The monoisotopic (exact) mass is 396 g/mol. The van der Waals surface area contributed by atoms with Crippen LogP contribution < -0.4 is 14.8 Å². The number of likely N-dealkylation sites (tertiary alicyclic amines) is 1. The zero-order valence-electron chi connectivity index (χ0n) is 17.7. The van der Waals surface area contributed by atoms with Crippen LogP contribution in [0, 0.1) is 5.92 Å². The normalized spacial score (nSPS) is 15.3. The number of rotatable bonds is 9. The van der Waals surface area contributed by atoms with Crippen molar-refractivity contribution in [1.82, 2.24) is 10.2 Å². The summed E-state index contributed by atoms with van der Waals surface area (Å²) in [5.41, 5.74) is 1.82.